The van der Waals surface area contributed by atoms with E-state index in [1.807, 2.05) is 55.4 Å². The molecule has 0 aromatic heterocycles. The highest BCUT2D eigenvalue weighted by Gasteiger charge is 2.30. The number of aryl methyl sites for hydroxylation is 1. The summed E-state index contributed by atoms with van der Waals surface area (Å²) in [4.78, 5) is 14.7. The number of allylic oxidation sites excluding steroid dienone is 6. The Balaban J connectivity index is 2.70. The van der Waals surface area contributed by atoms with Gasteiger partial charge < -0.3 is 19.7 Å². The second-order valence-electron chi connectivity index (χ2n) is 9.83. The summed E-state index contributed by atoms with van der Waals surface area (Å²) in [6.45, 7) is 12.7. The Labute approximate surface area is 242 Å². The molecule has 1 unspecified atom stereocenters. The van der Waals surface area contributed by atoms with E-state index >= 15 is 0 Å². The number of rotatable bonds is 13. The molecule has 8 heteroatoms. The van der Waals surface area contributed by atoms with Gasteiger partial charge in [0.05, 0.1) is 19.9 Å². The number of hydrogen-bond acceptors (Lipinski definition) is 4. The van der Waals surface area contributed by atoms with Crippen molar-refractivity contribution in [3.05, 3.63) is 89.7 Å². The van der Waals surface area contributed by atoms with Crippen LogP contribution in [0, 0.1) is 12.8 Å². The first-order chi connectivity index (χ1) is 19.4. The third-order valence-corrected chi connectivity index (χ3v) is 6.66. The quantitative estimate of drug-likeness (QED) is 0.244. The Morgan fingerprint density at radius 2 is 1.76 bits per heavy atom. The van der Waals surface area contributed by atoms with Gasteiger partial charge in [-0.1, -0.05) is 69.7 Å². The molecule has 0 spiro atoms. The molecule has 0 saturated heterocycles. The zero-order chi connectivity index (χ0) is 30.7. The zero-order valence-corrected chi connectivity index (χ0v) is 25.0. The van der Waals surface area contributed by atoms with Crippen molar-refractivity contribution in [2.75, 3.05) is 25.7 Å². The molecule has 0 fully saturated rings. The van der Waals surface area contributed by atoms with Crippen molar-refractivity contribution in [3.63, 3.8) is 0 Å². The first-order valence-electron chi connectivity index (χ1n) is 13.6. The van der Waals surface area contributed by atoms with Crippen molar-refractivity contribution in [1.29, 1.82) is 0 Å². The lowest BCUT2D eigenvalue weighted by molar-refractivity contribution is -0.123. The van der Waals surface area contributed by atoms with E-state index in [2.05, 4.69) is 38.6 Å². The summed E-state index contributed by atoms with van der Waals surface area (Å²) in [5, 5.41) is 1.90. The van der Waals surface area contributed by atoms with Crippen molar-refractivity contribution in [1.82, 2.24) is 5.32 Å². The number of nitrogens with zero attached hydrogens (tertiary/aromatic N) is 1. The van der Waals surface area contributed by atoms with Crippen molar-refractivity contribution >= 4 is 22.9 Å². The first-order valence-corrected chi connectivity index (χ1v) is 13.6. The number of halogens is 3. The van der Waals surface area contributed by atoms with Crippen LogP contribution in [-0.2, 0) is 0 Å². The Kier molecular flexibility index (Phi) is 12.3. The van der Waals surface area contributed by atoms with Gasteiger partial charge in [-0.25, -0.2) is 0 Å². The maximum Gasteiger partial charge on any atom is 0.405 e. The number of benzene rings is 2. The van der Waals surface area contributed by atoms with Crippen LogP contribution in [0.25, 0.3) is 5.57 Å². The molecule has 0 radical (unpaired) electrons. The molecule has 0 aliphatic carbocycles. The molecule has 0 bridgehead atoms. The minimum Gasteiger partial charge on any atom is -0.496 e. The Bertz CT molecular complexity index is 1280. The zero-order valence-electron chi connectivity index (χ0n) is 25.0. The van der Waals surface area contributed by atoms with Crippen LogP contribution in [0.4, 0.5) is 24.5 Å². The molecule has 222 valence electrons. The molecular formula is C33H41F3N2O3. The molecule has 2 rings (SSSR count). The van der Waals surface area contributed by atoms with Gasteiger partial charge in [0.2, 0.25) is 0 Å². The molecule has 0 aliphatic rings. The summed E-state index contributed by atoms with van der Waals surface area (Å²) in [5.41, 5.74) is 5.64. The van der Waals surface area contributed by atoms with Crippen molar-refractivity contribution in [3.8, 4) is 11.5 Å². The fourth-order valence-electron chi connectivity index (χ4n) is 4.07. The van der Waals surface area contributed by atoms with E-state index in [-0.39, 0.29) is 17.1 Å². The van der Waals surface area contributed by atoms with Crippen molar-refractivity contribution in [2.24, 2.45) is 5.92 Å². The van der Waals surface area contributed by atoms with Crippen LogP contribution in [-0.4, -0.2) is 32.8 Å². The predicted octanol–water partition coefficient (Wildman–Crippen LogP) is 8.93. The fraction of sp³-hybridized carbons (Fsp3) is 0.364. The van der Waals surface area contributed by atoms with Crippen LogP contribution in [0.5, 0.6) is 11.5 Å². The Hall–Kier alpha value is -3.94. The van der Waals surface area contributed by atoms with E-state index in [1.54, 1.807) is 18.2 Å². The molecule has 5 nitrogen and oxygen atoms in total. The molecular weight excluding hydrogens is 529 g/mol. The molecule has 41 heavy (non-hydrogen) atoms. The lowest BCUT2D eigenvalue weighted by Gasteiger charge is -2.26. The molecule has 1 atom stereocenters. The van der Waals surface area contributed by atoms with Crippen LogP contribution in [0.2, 0.25) is 0 Å². The topological polar surface area (TPSA) is 50.8 Å². The second kappa shape index (κ2) is 15.2. The Morgan fingerprint density at radius 1 is 1.12 bits per heavy atom. The number of anilines is 2. The van der Waals surface area contributed by atoms with E-state index in [0.717, 1.165) is 40.8 Å². The third kappa shape index (κ3) is 9.30. The molecule has 0 heterocycles. The van der Waals surface area contributed by atoms with Gasteiger partial charge in [-0.2, -0.15) is 13.2 Å². The number of methoxy groups -OCH3 is 2. The number of carbonyl (C=O) groups excluding carboxylic acids is 1. The van der Waals surface area contributed by atoms with Gasteiger partial charge in [0.25, 0.3) is 5.91 Å². The maximum atomic E-state index is 12.8. The molecule has 1 N–H and O–H groups in total. The standard InChI is InChI=1S/C33H41F3N2O3/c1-9-12-13-25(16-22(4)10-2)26-14-15-28(24(6)17-26)38(20-23(5)11-3)27-18-29(40-7)31(30(19-27)41-8)32(39)37-21-33(34,35)36/h9,12-20,22H,1,10-11,21H2,2-8H3,(H,37,39)/b13-12-,23-20-,25-16+. The highest BCUT2D eigenvalue weighted by atomic mass is 19.4. The van der Waals surface area contributed by atoms with Crippen LogP contribution >= 0.6 is 0 Å². The lowest BCUT2D eigenvalue weighted by Crippen LogP contribution is -2.34. The number of nitrogens with one attached hydrogen (secondary N) is 1. The predicted molar refractivity (Wildman–Crippen MR) is 162 cm³/mol. The normalized spacial score (nSPS) is 13.2. The molecule has 0 saturated carbocycles. The largest absolute Gasteiger partial charge is 0.496 e. The number of alkyl halides is 3. The average molecular weight is 571 g/mol. The molecule has 2 aromatic carbocycles. The summed E-state index contributed by atoms with van der Waals surface area (Å²) in [6, 6.07) is 9.45. The van der Waals surface area contributed by atoms with Gasteiger partial charge in [-0.05, 0) is 55.0 Å². The average Bonchev–Trinajstić information content (AvgIpc) is 2.95. The van der Waals surface area contributed by atoms with Crippen LogP contribution < -0.4 is 19.7 Å². The highest BCUT2D eigenvalue weighted by molar-refractivity contribution is 6.00. The summed E-state index contributed by atoms with van der Waals surface area (Å²) >= 11 is 0. The van der Waals surface area contributed by atoms with E-state index in [4.69, 9.17) is 9.47 Å². The number of amides is 1. The fourth-order valence-corrected chi connectivity index (χ4v) is 4.07. The maximum absolute atomic E-state index is 12.8. The molecule has 1 amide bonds. The van der Waals surface area contributed by atoms with Gasteiger partial charge in [-0.15, -0.1) is 0 Å². The van der Waals surface area contributed by atoms with Gasteiger partial charge in [-0.3, -0.25) is 4.79 Å². The highest BCUT2D eigenvalue weighted by Crippen LogP contribution is 2.39. The smallest absolute Gasteiger partial charge is 0.405 e. The van der Waals surface area contributed by atoms with E-state index in [0.29, 0.717) is 11.6 Å². The van der Waals surface area contributed by atoms with Crippen molar-refractivity contribution in [2.45, 2.75) is 53.6 Å². The summed E-state index contributed by atoms with van der Waals surface area (Å²) in [7, 11) is 2.72. The minimum atomic E-state index is -4.55. The first kappa shape index (κ1) is 33.3. The lowest BCUT2D eigenvalue weighted by atomic mass is 9.96. The Morgan fingerprint density at radius 3 is 2.24 bits per heavy atom. The number of carbonyl (C=O) groups is 1. The number of ether oxygens (including phenoxy) is 2. The summed E-state index contributed by atoms with van der Waals surface area (Å²) in [5.74, 6) is -0.357. The van der Waals surface area contributed by atoms with Crippen LogP contribution in [0.3, 0.4) is 0 Å². The second-order valence-corrected chi connectivity index (χ2v) is 9.83. The van der Waals surface area contributed by atoms with Gasteiger partial charge >= 0.3 is 6.18 Å². The van der Waals surface area contributed by atoms with E-state index in [9.17, 15) is 18.0 Å². The molecule has 0 aliphatic heterocycles. The summed E-state index contributed by atoms with van der Waals surface area (Å²) < 4.78 is 49.2. The minimum absolute atomic E-state index is 0.0918. The number of hydrogen-bond donors (Lipinski definition) is 1. The summed E-state index contributed by atoms with van der Waals surface area (Å²) in [6.07, 6.45) is 7.22. The van der Waals surface area contributed by atoms with Crippen LogP contribution in [0.15, 0.2) is 73.0 Å². The van der Waals surface area contributed by atoms with Gasteiger partial charge in [0.15, 0.2) is 0 Å². The van der Waals surface area contributed by atoms with Crippen LogP contribution in [0.1, 0.15) is 62.0 Å². The van der Waals surface area contributed by atoms with Gasteiger partial charge in [0.1, 0.15) is 23.6 Å². The third-order valence-electron chi connectivity index (χ3n) is 6.66. The van der Waals surface area contributed by atoms with E-state index < -0.39 is 18.6 Å². The monoisotopic (exact) mass is 570 g/mol. The van der Waals surface area contributed by atoms with E-state index in [1.165, 1.54) is 14.2 Å². The van der Waals surface area contributed by atoms with Gasteiger partial charge in [0, 0.05) is 24.0 Å². The molecule has 2 aromatic rings. The SMILES string of the molecule is C=C/C=C\C(=C/C(C)CC)c1ccc(N(/C=C(/C)CC)c2cc(OC)c(C(=O)NCC(F)(F)F)c(OC)c2)c(C)c1. The van der Waals surface area contributed by atoms with Crippen molar-refractivity contribution < 1.29 is 27.4 Å².